The highest BCUT2D eigenvalue weighted by molar-refractivity contribution is 6.08. The van der Waals surface area contributed by atoms with Crippen LogP contribution in [-0.4, -0.2) is 24.2 Å². The Labute approximate surface area is 137 Å². The van der Waals surface area contributed by atoms with E-state index in [4.69, 9.17) is 4.74 Å². The molecule has 0 aliphatic carbocycles. The van der Waals surface area contributed by atoms with E-state index in [0.717, 1.165) is 29.7 Å². The molecule has 3 nitrogen and oxygen atoms in total. The Kier molecular flexibility index (Phi) is 4.68. The summed E-state index contributed by atoms with van der Waals surface area (Å²) in [5.41, 5.74) is 3.49. The van der Waals surface area contributed by atoms with Gasteiger partial charge in [0.15, 0.2) is 0 Å². The largest absolute Gasteiger partial charge is 0.492 e. The molecule has 2 N–H and O–H groups in total. The molecule has 1 heterocycles. The topological polar surface area (TPSA) is 37.0 Å². The number of ether oxygens (including phenoxy) is 1. The number of H-pyrrole nitrogens is 1. The van der Waals surface area contributed by atoms with Crippen LogP contribution < -0.4 is 10.1 Å². The smallest absolute Gasteiger partial charge is 0.124 e. The van der Waals surface area contributed by atoms with Crippen molar-refractivity contribution in [2.75, 3.05) is 13.2 Å². The lowest BCUT2D eigenvalue weighted by Crippen LogP contribution is -2.27. The third-order valence-electron chi connectivity index (χ3n) is 4.01. The van der Waals surface area contributed by atoms with Crippen molar-refractivity contribution in [2.24, 2.45) is 0 Å². The quantitative estimate of drug-likeness (QED) is 0.500. The Balaban J connectivity index is 1.96. The van der Waals surface area contributed by atoms with Crippen molar-refractivity contribution in [1.82, 2.24) is 10.3 Å². The molecular formula is C20H24N2O. The van der Waals surface area contributed by atoms with Gasteiger partial charge in [0.1, 0.15) is 12.4 Å². The summed E-state index contributed by atoms with van der Waals surface area (Å²) in [6.45, 7) is 9.68. The van der Waals surface area contributed by atoms with Crippen molar-refractivity contribution in [3.05, 3.63) is 54.6 Å². The highest BCUT2D eigenvalue weighted by Crippen LogP contribution is 2.33. The average Bonchev–Trinajstić information content (AvgIpc) is 2.92. The lowest BCUT2D eigenvalue weighted by atomic mass is 10.1. The second-order valence-electron chi connectivity index (χ2n) is 6.09. The molecule has 23 heavy (non-hydrogen) atoms. The number of hydrogen-bond donors (Lipinski definition) is 2. The molecule has 0 bridgehead atoms. The molecule has 3 aromatic rings. The maximum absolute atomic E-state index is 6.01. The molecule has 0 amide bonds. The molecule has 0 aliphatic heterocycles. The maximum atomic E-state index is 6.01. The Morgan fingerprint density at radius 3 is 2.78 bits per heavy atom. The van der Waals surface area contributed by atoms with Gasteiger partial charge in [-0.15, -0.1) is 6.58 Å². The molecule has 2 aromatic carbocycles. The molecule has 3 rings (SSSR count). The van der Waals surface area contributed by atoms with E-state index < -0.39 is 0 Å². The van der Waals surface area contributed by atoms with Crippen LogP contribution in [-0.2, 0) is 6.42 Å². The molecule has 0 saturated heterocycles. The first-order chi connectivity index (χ1) is 11.2. The fourth-order valence-electron chi connectivity index (χ4n) is 2.95. The number of nitrogens with one attached hydrogen (secondary N) is 2. The van der Waals surface area contributed by atoms with Crippen LogP contribution in [0.15, 0.2) is 49.1 Å². The van der Waals surface area contributed by atoms with Gasteiger partial charge in [-0.05, 0) is 24.6 Å². The summed E-state index contributed by atoms with van der Waals surface area (Å²) in [5.74, 6) is 0.939. The molecule has 0 unspecified atom stereocenters. The summed E-state index contributed by atoms with van der Waals surface area (Å²) in [4.78, 5) is 3.54. The van der Waals surface area contributed by atoms with Crippen molar-refractivity contribution in [2.45, 2.75) is 26.3 Å². The zero-order valence-electron chi connectivity index (χ0n) is 13.9. The summed E-state index contributed by atoms with van der Waals surface area (Å²) < 4.78 is 6.01. The molecule has 0 saturated carbocycles. The van der Waals surface area contributed by atoms with Gasteiger partial charge in [0, 0.05) is 34.4 Å². The van der Waals surface area contributed by atoms with Gasteiger partial charge < -0.3 is 15.0 Å². The van der Waals surface area contributed by atoms with Crippen LogP contribution in [0.4, 0.5) is 0 Å². The van der Waals surface area contributed by atoms with E-state index in [0.29, 0.717) is 12.6 Å². The minimum absolute atomic E-state index is 0.474. The van der Waals surface area contributed by atoms with Crippen LogP contribution >= 0.6 is 0 Å². The van der Waals surface area contributed by atoms with E-state index in [2.05, 4.69) is 67.1 Å². The van der Waals surface area contributed by atoms with E-state index in [1.165, 1.54) is 16.3 Å². The summed E-state index contributed by atoms with van der Waals surface area (Å²) in [7, 11) is 0. The van der Waals surface area contributed by atoms with Crippen LogP contribution in [0.1, 0.15) is 19.4 Å². The Morgan fingerprint density at radius 2 is 2.00 bits per heavy atom. The third kappa shape index (κ3) is 3.25. The van der Waals surface area contributed by atoms with Crippen LogP contribution in [0.25, 0.3) is 21.8 Å². The van der Waals surface area contributed by atoms with Gasteiger partial charge in [-0.25, -0.2) is 0 Å². The zero-order valence-corrected chi connectivity index (χ0v) is 13.9. The van der Waals surface area contributed by atoms with Crippen molar-refractivity contribution >= 4 is 21.8 Å². The molecule has 1 aromatic heterocycles. The number of para-hydroxylation sites is 1. The van der Waals surface area contributed by atoms with Gasteiger partial charge in [-0.2, -0.15) is 0 Å². The van der Waals surface area contributed by atoms with Gasteiger partial charge in [-0.1, -0.05) is 38.1 Å². The Morgan fingerprint density at radius 1 is 1.17 bits per heavy atom. The number of aromatic nitrogens is 1. The molecular weight excluding hydrogens is 284 g/mol. The first-order valence-corrected chi connectivity index (χ1v) is 8.20. The van der Waals surface area contributed by atoms with E-state index in [9.17, 15) is 0 Å². The molecule has 0 aliphatic rings. The molecule has 0 radical (unpaired) electrons. The van der Waals surface area contributed by atoms with Gasteiger partial charge >= 0.3 is 0 Å². The monoisotopic (exact) mass is 308 g/mol. The van der Waals surface area contributed by atoms with E-state index >= 15 is 0 Å². The lowest BCUT2D eigenvalue weighted by molar-refractivity contribution is 0.307. The SMILES string of the molecule is C=CCc1c(OCCNC(C)C)ccc2c1[nH]c1ccccc12. The predicted octanol–water partition coefficient (Wildman–Crippen LogP) is 4.43. The van der Waals surface area contributed by atoms with Crippen molar-refractivity contribution in [1.29, 1.82) is 0 Å². The fraction of sp³-hybridized carbons (Fsp3) is 0.300. The van der Waals surface area contributed by atoms with Crippen LogP contribution in [0, 0.1) is 0 Å². The second-order valence-corrected chi connectivity index (χ2v) is 6.09. The minimum Gasteiger partial charge on any atom is -0.492 e. The van der Waals surface area contributed by atoms with Crippen LogP contribution in [0.3, 0.4) is 0 Å². The van der Waals surface area contributed by atoms with Gasteiger partial charge in [0.05, 0.1) is 5.52 Å². The van der Waals surface area contributed by atoms with Gasteiger partial charge in [0.2, 0.25) is 0 Å². The highest BCUT2D eigenvalue weighted by atomic mass is 16.5. The number of hydrogen-bond acceptors (Lipinski definition) is 2. The first kappa shape index (κ1) is 15.6. The number of allylic oxidation sites excluding steroid dienone is 1. The first-order valence-electron chi connectivity index (χ1n) is 8.20. The second kappa shape index (κ2) is 6.88. The number of aromatic amines is 1. The van der Waals surface area contributed by atoms with Gasteiger partial charge in [-0.3, -0.25) is 0 Å². The van der Waals surface area contributed by atoms with Crippen molar-refractivity contribution < 1.29 is 4.74 Å². The van der Waals surface area contributed by atoms with Gasteiger partial charge in [0.25, 0.3) is 0 Å². The fourth-order valence-corrected chi connectivity index (χ4v) is 2.95. The van der Waals surface area contributed by atoms with Crippen molar-refractivity contribution in [3.63, 3.8) is 0 Å². The average molecular weight is 308 g/mol. The Hall–Kier alpha value is -2.26. The summed E-state index contributed by atoms with van der Waals surface area (Å²) >= 11 is 0. The van der Waals surface area contributed by atoms with Crippen LogP contribution in [0.5, 0.6) is 5.75 Å². The molecule has 0 atom stereocenters. The van der Waals surface area contributed by atoms with E-state index in [1.807, 2.05) is 6.08 Å². The molecule has 0 spiro atoms. The highest BCUT2D eigenvalue weighted by Gasteiger charge is 2.12. The van der Waals surface area contributed by atoms with Crippen LogP contribution in [0.2, 0.25) is 0 Å². The standard InChI is InChI=1S/C20H24N2O/c1-4-7-17-19(23-13-12-21-14(2)3)11-10-16-15-8-5-6-9-18(15)22-20(16)17/h4-6,8-11,14,21-22H,1,7,12-13H2,2-3H3. The summed E-state index contributed by atoms with van der Waals surface area (Å²) in [5, 5.41) is 5.86. The van der Waals surface area contributed by atoms with E-state index in [1.54, 1.807) is 0 Å². The van der Waals surface area contributed by atoms with Crippen molar-refractivity contribution in [3.8, 4) is 5.75 Å². The normalized spacial score (nSPS) is 11.4. The molecule has 120 valence electrons. The number of fused-ring (bicyclic) bond motifs is 3. The molecule has 0 fully saturated rings. The number of rotatable bonds is 7. The minimum atomic E-state index is 0.474. The van der Waals surface area contributed by atoms with E-state index in [-0.39, 0.29) is 0 Å². The number of benzene rings is 2. The summed E-state index contributed by atoms with van der Waals surface area (Å²) in [6, 6.07) is 13.1. The third-order valence-corrected chi connectivity index (χ3v) is 4.01. The molecule has 3 heteroatoms. The predicted molar refractivity (Wildman–Crippen MR) is 98.3 cm³/mol. The maximum Gasteiger partial charge on any atom is 0.124 e. The summed E-state index contributed by atoms with van der Waals surface area (Å²) in [6.07, 6.45) is 2.72. The Bertz CT molecular complexity index is 817. The lowest BCUT2D eigenvalue weighted by Gasteiger charge is -2.13. The zero-order chi connectivity index (χ0) is 16.2.